The van der Waals surface area contributed by atoms with Crippen LogP contribution < -0.4 is 4.90 Å². The summed E-state index contributed by atoms with van der Waals surface area (Å²) in [4.78, 5) is 6.47. The molecule has 2 nitrogen and oxygen atoms in total. The van der Waals surface area contributed by atoms with E-state index in [4.69, 9.17) is 0 Å². The monoisotopic (exact) mass is 274 g/mol. The molecule has 0 aliphatic rings. The first-order valence-electron chi connectivity index (χ1n) is 7.04. The number of fused-ring (bicyclic) bond motifs is 1. The Morgan fingerprint density at radius 1 is 0.810 bits per heavy atom. The number of benzene rings is 2. The highest BCUT2D eigenvalue weighted by Crippen LogP contribution is 2.29. The number of aromatic nitrogens is 1. The van der Waals surface area contributed by atoms with Gasteiger partial charge in [0.1, 0.15) is 0 Å². The summed E-state index contributed by atoms with van der Waals surface area (Å²) in [5.74, 6) is 0. The topological polar surface area (TPSA) is 16.1 Å². The van der Waals surface area contributed by atoms with Crippen molar-refractivity contribution in [1.82, 2.24) is 4.98 Å². The third kappa shape index (κ3) is 2.79. The molecule has 0 aliphatic heterocycles. The van der Waals surface area contributed by atoms with E-state index < -0.39 is 0 Å². The summed E-state index contributed by atoms with van der Waals surface area (Å²) in [5, 5.41) is 2.53. The second-order valence-corrected chi connectivity index (χ2v) is 5.20. The van der Waals surface area contributed by atoms with Gasteiger partial charge in [-0.3, -0.25) is 4.98 Å². The van der Waals surface area contributed by atoms with Crippen LogP contribution in [0, 0.1) is 0 Å². The maximum atomic E-state index is 4.32. The molecule has 2 heteroatoms. The van der Waals surface area contributed by atoms with Crippen LogP contribution in [0.5, 0.6) is 0 Å². The van der Waals surface area contributed by atoms with Crippen LogP contribution in [-0.2, 0) is 0 Å². The lowest BCUT2D eigenvalue weighted by Crippen LogP contribution is -2.09. The highest BCUT2D eigenvalue weighted by Gasteiger charge is 2.05. The maximum absolute atomic E-state index is 4.32. The minimum atomic E-state index is 0.971. The minimum Gasteiger partial charge on any atom is -0.377 e. The quantitative estimate of drug-likeness (QED) is 0.700. The van der Waals surface area contributed by atoms with E-state index in [9.17, 15) is 0 Å². The molecule has 104 valence electrons. The molecule has 1 aromatic heterocycles. The SMILES string of the molecule is CN(C)c1ccc(/C=C/c2ccccn2)c2ccccc12. The van der Waals surface area contributed by atoms with Gasteiger partial charge in [0.05, 0.1) is 5.69 Å². The first kappa shape index (κ1) is 13.4. The molecule has 3 aromatic rings. The van der Waals surface area contributed by atoms with Gasteiger partial charge in [0, 0.05) is 31.4 Å². The molecule has 3 rings (SSSR count). The fourth-order valence-electron chi connectivity index (χ4n) is 2.49. The second-order valence-electron chi connectivity index (χ2n) is 5.20. The van der Waals surface area contributed by atoms with Crippen LogP contribution in [0.25, 0.3) is 22.9 Å². The van der Waals surface area contributed by atoms with E-state index in [1.165, 1.54) is 22.0 Å². The average molecular weight is 274 g/mol. The lowest BCUT2D eigenvalue weighted by atomic mass is 10.0. The number of rotatable bonds is 3. The van der Waals surface area contributed by atoms with Crippen molar-refractivity contribution in [1.29, 1.82) is 0 Å². The summed E-state index contributed by atoms with van der Waals surface area (Å²) < 4.78 is 0. The summed E-state index contributed by atoms with van der Waals surface area (Å²) in [7, 11) is 4.15. The van der Waals surface area contributed by atoms with Crippen molar-refractivity contribution in [3.8, 4) is 0 Å². The molecule has 1 heterocycles. The van der Waals surface area contributed by atoms with E-state index in [0.29, 0.717) is 0 Å². The summed E-state index contributed by atoms with van der Waals surface area (Å²) >= 11 is 0. The standard InChI is InChI=1S/C19H18N2/c1-21(2)19-13-11-15(17-8-3-4-9-18(17)19)10-12-16-7-5-6-14-20-16/h3-14H,1-2H3/b12-10+. The van der Waals surface area contributed by atoms with Crippen LogP contribution in [0.15, 0.2) is 60.8 Å². The fraction of sp³-hybridized carbons (Fsp3) is 0.105. The van der Waals surface area contributed by atoms with E-state index in [1.54, 1.807) is 0 Å². The Morgan fingerprint density at radius 3 is 2.29 bits per heavy atom. The van der Waals surface area contributed by atoms with Gasteiger partial charge in [0.25, 0.3) is 0 Å². The molecule has 0 unspecified atom stereocenters. The molecular formula is C19H18N2. The summed E-state index contributed by atoms with van der Waals surface area (Å²) in [5.41, 5.74) is 3.42. The van der Waals surface area contributed by atoms with Gasteiger partial charge < -0.3 is 4.90 Å². The van der Waals surface area contributed by atoms with Crippen molar-refractivity contribution in [3.63, 3.8) is 0 Å². The lowest BCUT2D eigenvalue weighted by molar-refractivity contribution is 1.14. The largest absolute Gasteiger partial charge is 0.377 e. The summed E-state index contributed by atoms with van der Waals surface area (Å²) in [6.07, 6.45) is 5.99. The Morgan fingerprint density at radius 2 is 1.57 bits per heavy atom. The zero-order valence-corrected chi connectivity index (χ0v) is 12.3. The van der Waals surface area contributed by atoms with Crippen molar-refractivity contribution >= 4 is 28.6 Å². The highest BCUT2D eigenvalue weighted by atomic mass is 15.1. The maximum Gasteiger partial charge on any atom is 0.0629 e. The van der Waals surface area contributed by atoms with E-state index >= 15 is 0 Å². The average Bonchev–Trinajstić information content (AvgIpc) is 2.53. The molecular weight excluding hydrogens is 256 g/mol. The first-order chi connectivity index (χ1) is 10.3. The number of hydrogen-bond acceptors (Lipinski definition) is 2. The van der Waals surface area contributed by atoms with Crippen molar-refractivity contribution in [3.05, 3.63) is 72.1 Å². The molecule has 0 bridgehead atoms. The van der Waals surface area contributed by atoms with Crippen molar-refractivity contribution in [2.24, 2.45) is 0 Å². The smallest absolute Gasteiger partial charge is 0.0629 e. The highest BCUT2D eigenvalue weighted by molar-refractivity contribution is 6.00. The Balaban J connectivity index is 2.08. The molecule has 0 atom stereocenters. The Labute approximate surface area is 125 Å². The molecule has 0 spiro atoms. The summed E-state index contributed by atoms with van der Waals surface area (Å²) in [6, 6.07) is 18.8. The van der Waals surface area contributed by atoms with Gasteiger partial charge in [-0.05, 0) is 35.2 Å². The predicted molar refractivity (Wildman–Crippen MR) is 91.4 cm³/mol. The van der Waals surface area contributed by atoms with E-state index in [2.05, 4.69) is 72.5 Å². The molecule has 0 saturated heterocycles. The van der Waals surface area contributed by atoms with Crippen LogP contribution in [0.2, 0.25) is 0 Å². The Bertz CT molecular complexity index is 774. The van der Waals surface area contributed by atoms with Gasteiger partial charge in [-0.15, -0.1) is 0 Å². The third-order valence-corrected chi connectivity index (χ3v) is 3.54. The number of nitrogens with zero attached hydrogens (tertiary/aromatic N) is 2. The van der Waals surface area contributed by atoms with Crippen LogP contribution >= 0.6 is 0 Å². The predicted octanol–water partition coefficient (Wildman–Crippen LogP) is 4.47. The van der Waals surface area contributed by atoms with Crippen LogP contribution in [0.3, 0.4) is 0 Å². The molecule has 0 amide bonds. The molecule has 0 saturated carbocycles. The minimum absolute atomic E-state index is 0.971. The van der Waals surface area contributed by atoms with Gasteiger partial charge in [0.15, 0.2) is 0 Å². The van der Waals surface area contributed by atoms with Crippen LogP contribution in [-0.4, -0.2) is 19.1 Å². The molecule has 2 aromatic carbocycles. The van der Waals surface area contributed by atoms with Gasteiger partial charge in [0.2, 0.25) is 0 Å². The van der Waals surface area contributed by atoms with Crippen molar-refractivity contribution in [2.75, 3.05) is 19.0 Å². The van der Waals surface area contributed by atoms with Gasteiger partial charge >= 0.3 is 0 Å². The molecule has 0 aliphatic carbocycles. The lowest BCUT2D eigenvalue weighted by Gasteiger charge is -2.16. The normalized spacial score (nSPS) is 11.1. The third-order valence-electron chi connectivity index (χ3n) is 3.54. The number of pyridine rings is 1. The zero-order chi connectivity index (χ0) is 14.7. The van der Waals surface area contributed by atoms with Crippen LogP contribution in [0.4, 0.5) is 5.69 Å². The van der Waals surface area contributed by atoms with E-state index in [0.717, 1.165) is 5.69 Å². The van der Waals surface area contributed by atoms with E-state index in [1.807, 2.05) is 24.4 Å². The zero-order valence-electron chi connectivity index (χ0n) is 12.3. The van der Waals surface area contributed by atoms with Gasteiger partial charge in [-0.1, -0.05) is 42.5 Å². The molecule has 21 heavy (non-hydrogen) atoms. The second kappa shape index (κ2) is 5.80. The molecule has 0 fully saturated rings. The molecule has 0 N–H and O–H groups in total. The number of anilines is 1. The van der Waals surface area contributed by atoms with Crippen molar-refractivity contribution in [2.45, 2.75) is 0 Å². The van der Waals surface area contributed by atoms with Crippen molar-refractivity contribution < 1.29 is 0 Å². The summed E-state index contributed by atoms with van der Waals surface area (Å²) in [6.45, 7) is 0. The molecule has 0 radical (unpaired) electrons. The van der Waals surface area contributed by atoms with Crippen LogP contribution in [0.1, 0.15) is 11.3 Å². The Hall–Kier alpha value is -2.61. The van der Waals surface area contributed by atoms with Gasteiger partial charge in [-0.2, -0.15) is 0 Å². The first-order valence-corrected chi connectivity index (χ1v) is 7.04. The van der Waals surface area contributed by atoms with Gasteiger partial charge in [-0.25, -0.2) is 0 Å². The van der Waals surface area contributed by atoms with E-state index in [-0.39, 0.29) is 0 Å². The Kier molecular flexibility index (Phi) is 3.69. The fourth-order valence-corrected chi connectivity index (χ4v) is 2.49. The number of hydrogen-bond donors (Lipinski definition) is 0.